The van der Waals surface area contributed by atoms with E-state index in [9.17, 15) is 35.9 Å². The molecular weight excluding hydrogens is 498 g/mol. The molecule has 180 valence electrons. The van der Waals surface area contributed by atoms with E-state index in [0.717, 1.165) is 14.1 Å². The van der Waals surface area contributed by atoms with Crippen LogP contribution in [0.25, 0.3) is 0 Å². The lowest BCUT2D eigenvalue weighted by molar-refractivity contribution is -0.0585. The van der Waals surface area contributed by atoms with Crippen LogP contribution in [0.1, 0.15) is 26.7 Å². The van der Waals surface area contributed by atoms with Crippen molar-refractivity contribution in [1.82, 2.24) is 8.61 Å². The van der Waals surface area contributed by atoms with E-state index in [4.69, 9.17) is 0 Å². The highest BCUT2D eigenvalue weighted by molar-refractivity contribution is 8.14. The minimum absolute atomic E-state index is 0.0893. The summed E-state index contributed by atoms with van der Waals surface area (Å²) in [5, 5.41) is 2.84. The molecule has 0 N–H and O–H groups in total. The molecule has 0 heterocycles. The van der Waals surface area contributed by atoms with E-state index in [1.165, 1.54) is 0 Å². The normalized spacial score (nSPS) is 13.1. The van der Waals surface area contributed by atoms with Gasteiger partial charge in [0.1, 0.15) is 0 Å². The number of halogens is 6. The molecule has 0 saturated heterocycles. The highest BCUT2D eigenvalue weighted by Gasteiger charge is 2.38. The molecule has 0 rings (SSSR count). The van der Waals surface area contributed by atoms with Gasteiger partial charge in [-0.25, -0.2) is 18.2 Å². The predicted molar refractivity (Wildman–Crippen MR) is 109 cm³/mol. The van der Waals surface area contributed by atoms with E-state index in [1.54, 1.807) is 13.8 Å². The molecule has 0 bridgehead atoms. The van der Waals surface area contributed by atoms with Gasteiger partial charge < -0.3 is 0 Å². The van der Waals surface area contributed by atoms with Gasteiger partial charge in [-0.05, 0) is 24.3 Å². The third-order valence-corrected chi connectivity index (χ3v) is 5.71. The van der Waals surface area contributed by atoms with Gasteiger partial charge in [0.25, 0.3) is 0 Å². The molecule has 0 unspecified atom stereocenters. The fourth-order valence-electron chi connectivity index (χ4n) is 1.24. The summed E-state index contributed by atoms with van der Waals surface area (Å²) in [5.74, 6) is 0.179. The number of alkyl halides is 6. The number of rotatable bonds is 8. The zero-order valence-corrected chi connectivity index (χ0v) is 19.2. The summed E-state index contributed by atoms with van der Waals surface area (Å²) in [6.07, 6.45) is -11.5. The van der Waals surface area contributed by atoms with Crippen molar-refractivity contribution in [1.29, 1.82) is 0 Å². The van der Waals surface area contributed by atoms with Crippen molar-refractivity contribution in [2.24, 2.45) is 10.3 Å². The third kappa shape index (κ3) is 12.2. The highest BCUT2D eigenvalue weighted by Crippen LogP contribution is 2.27. The summed E-state index contributed by atoms with van der Waals surface area (Å²) in [6, 6.07) is 0. The van der Waals surface area contributed by atoms with Gasteiger partial charge in [-0.1, -0.05) is 47.7 Å². The molecule has 31 heavy (non-hydrogen) atoms. The van der Waals surface area contributed by atoms with E-state index in [2.05, 4.69) is 20.0 Å². The number of nitrogens with zero attached hydrogens (tertiary/aromatic N) is 4. The van der Waals surface area contributed by atoms with Crippen molar-refractivity contribution in [3.63, 3.8) is 0 Å². The van der Waals surface area contributed by atoms with Crippen molar-refractivity contribution in [2.75, 3.05) is 25.6 Å². The SMILES string of the molecule is CCCSC(=NOC(=O)N(C)SN(C)C(=O)ON=C(SCCC)C(F)(F)F)C(F)(F)F. The number of hydrogen-bond donors (Lipinski definition) is 0. The topological polar surface area (TPSA) is 83.8 Å². The van der Waals surface area contributed by atoms with Gasteiger partial charge in [0, 0.05) is 14.1 Å². The lowest BCUT2D eigenvalue weighted by atomic mass is 10.6. The van der Waals surface area contributed by atoms with Gasteiger partial charge in [0.05, 0.1) is 12.1 Å². The van der Waals surface area contributed by atoms with Crippen LogP contribution in [0.3, 0.4) is 0 Å². The maximum absolute atomic E-state index is 12.8. The van der Waals surface area contributed by atoms with Crippen molar-refractivity contribution >= 4 is 57.9 Å². The summed E-state index contributed by atoms with van der Waals surface area (Å²) in [7, 11) is 2.06. The number of oxime groups is 2. The smallest absolute Gasteiger partial charge is 0.296 e. The van der Waals surface area contributed by atoms with Crippen LogP contribution in [0.15, 0.2) is 10.3 Å². The Hall–Kier alpha value is -1.49. The first kappa shape index (κ1) is 29.5. The van der Waals surface area contributed by atoms with E-state index in [-0.39, 0.29) is 23.6 Å². The second-order valence-corrected chi connectivity index (χ2v) is 8.70. The number of carbonyl (C=O) groups is 2. The van der Waals surface area contributed by atoms with Crippen molar-refractivity contribution < 1.29 is 45.6 Å². The Morgan fingerprint density at radius 3 is 1.35 bits per heavy atom. The van der Waals surface area contributed by atoms with Crippen molar-refractivity contribution in [3.8, 4) is 0 Å². The molecule has 0 aliphatic carbocycles. The van der Waals surface area contributed by atoms with Gasteiger partial charge >= 0.3 is 24.5 Å². The molecule has 2 amide bonds. The largest absolute Gasteiger partial charge is 0.447 e. The lowest BCUT2D eigenvalue weighted by Crippen LogP contribution is -2.30. The van der Waals surface area contributed by atoms with Gasteiger partial charge in [-0.15, -0.1) is 0 Å². The molecule has 8 nitrogen and oxygen atoms in total. The van der Waals surface area contributed by atoms with E-state index >= 15 is 0 Å². The number of amides is 2. The molecule has 0 spiro atoms. The van der Waals surface area contributed by atoms with Gasteiger partial charge in [-0.3, -0.25) is 9.68 Å². The van der Waals surface area contributed by atoms with Crippen LogP contribution in [0.2, 0.25) is 0 Å². The molecule has 0 aromatic carbocycles. The van der Waals surface area contributed by atoms with Crippen LogP contribution >= 0.6 is 35.7 Å². The van der Waals surface area contributed by atoms with Crippen LogP contribution in [0.4, 0.5) is 35.9 Å². The predicted octanol–water partition coefficient (Wildman–Crippen LogP) is 5.72. The van der Waals surface area contributed by atoms with Gasteiger partial charge in [0.2, 0.25) is 10.1 Å². The summed E-state index contributed by atoms with van der Waals surface area (Å²) in [4.78, 5) is 32.0. The zero-order valence-electron chi connectivity index (χ0n) is 16.7. The van der Waals surface area contributed by atoms with E-state index in [1.807, 2.05) is 0 Å². The van der Waals surface area contributed by atoms with Gasteiger partial charge in [-0.2, -0.15) is 26.3 Å². The second kappa shape index (κ2) is 13.8. The van der Waals surface area contributed by atoms with Crippen LogP contribution in [0, 0.1) is 0 Å². The molecule has 0 aromatic rings. The maximum Gasteiger partial charge on any atom is 0.447 e. The molecular formula is C14H20F6N4O4S3. The lowest BCUT2D eigenvalue weighted by Gasteiger charge is -2.19. The molecule has 17 heteroatoms. The first-order chi connectivity index (χ1) is 14.2. The summed E-state index contributed by atoms with van der Waals surface area (Å²) in [5.41, 5.74) is 0. The second-order valence-electron chi connectivity index (χ2n) is 5.28. The Morgan fingerprint density at radius 1 is 0.774 bits per heavy atom. The molecule has 0 saturated carbocycles. The fraction of sp³-hybridized carbons (Fsp3) is 0.714. The average Bonchev–Trinajstić information content (AvgIpc) is 2.65. The summed E-state index contributed by atoms with van der Waals surface area (Å²) < 4.78 is 77.9. The first-order valence-corrected chi connectivity index (χ1v) is 11.1. The standard InChI is InChI=1S/C14H20F6N4O4S3/c1-5-7-29-9(13(15,16)17)21-27-11(25)23(3)31-24(4)12(26)28-22-10(14(18,19)20)30-8-6-2/h5-8H2,1-4H3. The van der Waals surface area contributed by atoms with E-state index < -0.39 is 34.6 Å². The molecule has 0 radical (unpaired) electrons. The third-order valence-electron chi connectivity index (χ3n) is 2.54. The summed E-state index contributed by atoms with van der Waals surface area (Å²) >= 11 is 0.967. The number of carbonyl (C=O) groups excluding carboxylic acids is 2. The number of hydrogen-bond acceptors (Lipinski definition) is 9. The van der Waals surface area contributed by atoms with Crippen LogP contribution in [-0.4, -0.2) is 68.8 Å². The minimum Gasteiger partial charge on any atom is -0.296 e. The Kier molecular flexibility index (Phi) is 13.2. The Bertz CT molecular complexity index is 607. The van der Waals surface area contributed by atoms with Crippen molar-refractivity contribution in [2.45, 2.75) is 39.0 Å². The first-order valence-electron chi connectivity index (χ1n) is 8.37. The minimum atomic E-state index is -4.82. The van der Waals surface area contributed by atoms with Crippen LogP contribution in [-0.2, 0) is 9.68 Å². The molecule has 0 aromatic heterocycles. The van der Waals surface area contributed by atoms with Crippen molar-refractivity contribution in [3.05, 3.63) is 0 Å². The monoisotopic (exact) mass is 518 g/mol. The Morgan fingerprint density at radius 2 is 1.10 bits per heavy atom. The van der Waals surface area contributed by atoms with Crippen LogP contribution < -0.4 is 0 Å². The van der Waals surface area contributed by atoms with Crippen LogP contribution in [0.5, 0.6) is 0 Å². The maximum atomic E-state index is 12.8. The molecule has 0 aliphatic rings. The summed E-state index contributed by atoms with van der Waals surface area (Å²) in [6.45, 7) is 3.30. The molecule has 0 aliphatic heterocycles. The zero-order chi connectivity index (χ0) is 24.2. The molecule has 0 fully saturated rings. The Balaban J connectivity index is 4.93. The number of thioether (sulfide) groups is 2. The highest BCUT2D eigenvalue weighted by atomic mass is 32.2. The van der Waals surface area contributed by atoms with E-state index in [0.29, 0.717) is 45.0 Å². The van der Waals surface area contributed by atoms with Gasteiger partial charge in [0.15, 0.2) is 0 Å². The fourth-order valence-corrected chi connectivity index (χ4v) is 3.11. The Labute approximate surface area is 187 Å². The average molecular weight is 519 g/mol. The molecule has 0 atom stereocenters. The quantitative estimate of drug-likeness (QED) is 0.101.